The summed E-state index contributed by atoms with van der Waals surface area (Å²) < 4.78 is 5.85. The molecule has 0 radical (unpaired) electrons. The minimum absolute atomic E-state index is 0.224. The number of nitrogens with one attached hydrogen (secondary N) is 1. The monoisotopic (exact) mass is 364 g/mol. The summed E-state index contributed by atoms with van der Waals surface area (Å²) >= 11 is 8.27. The second-order valence-electron chi connectivity index (χ2n) is 4.25. The molecule has 2 rings (SSSR count). The number of benzene rings is 2. The van der Waals surface area contributed by atoms with Crippen LogP contribution in [0, 0.1) is 0 Å². The summed E-state index contributed by atoms with van der Waals surface area (Å²) in [5, 5.41) is 2.80. The number of methoxy groups -OCH3 is 1. The van der Waals surface area contributed by atoms with E-state index in [2.05, 4.69) is 21.2 Å². The van der Waals surface area contributed by atoms with Crippen LogP contribution >= 0.6 is 28.1 Å². The third kappa shape index (κ3) is 3.80. The van der Waals surface area contributed by atoms with Crippen molar-refractivity contribution in [2.24, 2.45) is 5.73 Å². The molecule has 2 aromatic carbocycles. The van der Waals surface area contributed by atoms with Crippen molar-refractivity contribution < 1.29 is 9.53 Å². The molecule has 0 saturated heterocycles. The van der Waals surface area contributed by atoms with Gasteiger partial charge in [-0.25, -0.2) is 0 Å². The van der Waals surface area contributed by atoms with E-state index < -0.39 is 0 Å². The zero-order chi connectivity index (χ0) is 15.4. The zero-order valence-electron chi connectivity index (χ0n) is 11.2. The lowest BCUT2D eigenvalue weighted by Gasteiger charge is -2.08. The Hall–Kier alpha value is -1.92. The minimum atomic E-state index is -0.224. The largest absolute Gasteiger partial charge is 0.496 e. The van der Waals surface area contributed by atoms with Crippen molar-refractivity contribution in [2.45, 2.75) is 0 Å². The molecule has 21 heavy (non-hydrogen) atoms. The summed E-state index contributed by atoms with van der Waals surface area (Å²) in [6.07, 6.45) is 0. The second-order valence-corrected chi connectivity index (χ2v) is 5.54. The van der Waals surface area contributed by atoms with Gasteiger partial charge in [0.15, 0.2) is 0 Å². The van der Waals surface area contributed by atoms with Gasteiger partial charge < -0.3 is 15.8 Å². The molecule has 0 bridgehead atoms. The van der Waals surface area contributed by atoms with Crippen LogP contribution in [0.1, 0.15) is 15.9 Å². The molecule has 0 aliphatic heterocycles. The lowest BCUT2D eigenvalue weighted by Crippen LogP contribution is -2.14. The van der Waals surface area contributed by atoms with Crippen LogP contribution in [0.25, 0.3) is 0 Å². The highest BCUT2D eigenvalue weighted by atomic mass is 79.9. The molecule has 0 unspecified atom stereocenters. The topological polar surface area (TPSA) is 64.3 Å². The van der Waals surface area contributed by atoms with Crippen LogP contribution in [0.3, 0.4) is 0 Å². The van der Waals surface area contributed by atoms with Crippen molar-refractivity contribution in [3.8, 4) is 5.75 Å². The first-order valence-corrected chi connectivity index (χ1v) is 7.26. The number of thiocarbonyl (C=S) groups is 1. The van der Waals surface area contributed by atoms with Crippen LogP contribution in [0.2, 0.25) is 0 Å². The molecule has 0 aliphatic carbocycles. The maximum Gasteiger partial charge on any atom is 0.255 e. The van der Waals surface area contributed by atoms with E-state index in [0.29, 0.717) is 27.6 Å². The number of halogens is 1. The number of ether oxygens (including phenoxy) is 1. The second kappa shape index (κ2) is 6.69. The number of hydrogen-bond acceptors (Lipinski definition) is 3. The van der Waals surface area contributed by atoms with E-state index in [-0.39, 0.29) is 5.91 Å². The van der Waals surface area contributed by atoms with Gasteiger partial charge in [-0.15, -0.1) is 0 Å². The van der Waals surface area contributed by atoms with Gasteiger partial charge in [0, 0.05) is 16.8 Å². The van der Waals surface area contributed by atoms with E-state index in [0.717, 1.165) is 4.47 Å². The molecular weight excluding hydrogens is 352 g/mol. The Morgan fingerprint density at radius 1 is 1.24 bits per heavy atom. The van der Waals surface area contributed by atoms with Crippen LogP contribution in [0.15, 0.2) is 46.9 Å². The molecule has 0 heterocycles. The van der Waals surface area contributed by atoms with E-state index in [1.54, 1.807) is 49.6 Å². The van der Waals surface area contributed by atoms with Gasteiger partial charge in [-0.2, -0.15) is 0 Å². The normalized spacial score (nSPS) is 10.0. The maximum atomic E-state index is 12.2. The molecule has 1 amide bonds. The molecule has 6 heteroatoms. The molecular formula is C15H13BrN2O2S. The SMILES string of the molecule is COc1ccc(C(=O)Nc2cccc(C(N)=S)c2)cc1Br. The molecule has 0 fully saturated rings. The van der Waals surface area contributed by atoms with Crippen molar-refractivity contribution in [3.05, 3.63) is 58.1 Å². The lowest BCUT2D eigenvalue weighted by atomic mass is 10.1. The van der Waals surface area contributed by atoms with Crippen LogP contribution in [-0.2, 0) is 0 Å². The highest BCUT2D eigenvalue weighted by Crippen LogP contribution is 2.26. The van der Waals surface area contributed by atoms with Gasteiger partial charge >= 0.3 is 0 Å². The smallest absolute Gasteiger partial charge is 0.255 e. The summed E-state index contributed by atoms with van der Waals surface area (Å²) in [4.78, 5) is 12.5. The molecule has 2 aromatic rings. The zero-order valence-corrected chi connectivity index (χ0v) is 13.6. The van der Waals surface area contributed by atoms with Gasteiger partial charge in [0.2, 0.25) is 0 Å². The maximum absolute atomic E-state index is 12.2. The molecule has 0 spiro atoms. The fourth-order valence-electron chi connectivity index (χ4n) is 1.76. The Balaban J connectivity index is 2.20. The number of nitrogens with two attached hydrogens (primary N) is 1. The Bertz CT molecular complexity index is 704. The van der Waals surface area contributed by atoms with Crippen molar-refractivity contribution in [1.82, 2.24) is 0 Å². The standard InChI is InChI=1S/C15H13BrN2O2S/c1-20-13-6-5-10(8-12(13)16)15(19)18-11-4-2-3-9(7-11)14(17)21/h2-8H,1H3,(H2,17,21)(H,18,19). The third-order valence-corrected chi connectivity index (χ3v) is 3.67. The van der Waals surface area contributed by atoms with Crippen molar-refractivity contribution >= 4 is 44.7 Å². The van der Waals surface area contributed by atoms with Crippen LogP contribution in [0.4, 0.5) is 5.69 Å². The third-order valence-electron chi connectivity index (χ3n) is 2.82. The van der Waals surface area contributed by atoms with E-state index in [1.165, 1.54) is 0 Å². The number of carbonyl (C=O) groups excluding carboxylic acids is 1. The molecule has 0 atom stereocenters. The summed E-state index contributed by atoms with van der Waals surface area (Å²) in [5.41, 5.74) is 7.44. The van der Waals surface area contributed by atoms with Crippen LogP contribution in [0.5, 0.6) is 5.75 Å². The van der Waals surface area contributed by atoms with Gasteiger partial charge in [0.25, 0.3) is 5.91 Å². The lowest BCUT2D eigenvalue weighted by molar-refractivity contribution is 0.102. The molecule has 0 aromatic heterocycles. The first-order chi connectivity index (χ1) is 10.0. The highest BCUT2D eigenvalue weighted by Gasteiger charge is 2.09. The first-order valence-electron chi connectivity index (χ1n) is 6.06. The van der Waals surface area contributed by atoms with Crippen LogP contribution < -0.4 is 15.8 Å². The van der Waals surface area contributed by atoms with Crippen molar-refractivity contribution in [3.63, 3.8) is 0 Å². The molecule has 0 aliphatic rings. The number of hydrogen-bond donors (Lipinski definition) is 2. The van der Waals surface area contributed by atoms with Gasteiger partial charge in [0.1, 0.15) is 10.7 Å². The van der Waals surface area contributed by atoms with E-state index in [9.17, 15) is 4.79 Å². The van der Waals surface area contributed by atoms with Crippen LogP contribution in [-0.4, -0.2) is 18.0 Å². The number of carbonyl (C=O) groups is 1. The van der Waals surface area contributed by atoms with Gasteiger partial charge in [-0.1, -0.05) is 24.4 Å². The minimum Gasteiger partial charge on any atom is -0.496 e. The van der Waals surface area contributed by atoms with E-state index in [1.807, 2.05) is 0 Å². The van der Waals surface area contributed by atoms with Crippen molar-refractivity contribution in [1.29, 1.82) is 0 Å². The van der Waals surface area contributed by atoms with E-state index >= 15 is 0 Å². The fourth-order valence-corrected chi connectivity index (χ4v) is 2.43. The number of rotatable bonds is 4. The molecule has 0 saturated carbocycles. The predicted octanol–water partition coefficient (Wildman–Crippen LogP) is 3.34. The molecule has 3 N–H and O–H groups in total. The number of anilines is 1. The van der Waals surface area contributed by atoms with Gasteiger partial charge in [-0.3, -0.25) is 4.79 Å². The molecule has 108 valence electrons. The predicted molar refractivity (Wildman–Crippen MR) is 91.0 cm³/mol. The summed E-state index contributed by atoms with van der Waals surface area (Å²) in [6, 6.07) is 12.2. The Morgan fingerprint density at radius 3 is 2.62 bits per heavy atom. The quantitative estimate of drug-likeness (QED) is 0.816. The Labute approximate surface area is 136 Å². The molecule has 4 nitrogen and oxygen atoms in total. The van der Waals surface area contributed by atoms with E-state index in [4.69, 9.17) is 22.7 Å². The summed E-state index contributed by atoms with van der Waals surface area (Å²) in [7, 11) is 1.57. The average Bonchev–Trinajstić information content (AvgIpc) is 2.47. The Kier molecular flexibility index (Phi) is 4.93. The Morgan fingerprint density at radius 2 is 2.00 bits per heavy atom. The van der Waals surface area contributed by atoms with Gasteiger partial charge in [-0.05, 0) is 46.3 Å². The highest BCUT2D eigenvalue weighted by molar-refractivity contribution is 9.10. The van der Waals surface area contributed by atoms with Gasteiger partial charge in [0.05, 0.1) is 11.6 Å². The number of amides is 1. The fraction of sp³-hybridized carbons (Fsp3) is 0.0667. The first kappa shape index (κ1) is 15.5. The average molecular weight is 365 g/mol. The summed E-state index contributed by atoms with van der Waals surface area (Å²) in [5.74, 6) is 0.445. The summed E-state index contributed by atoms with van der Waals surface area (Å²) in [6.45, 7) is 0. The van der Waals surface area contributed by atoms with Crippen molar-refractivity contribution in [2.75, 3.05) is 12.4 Å².